The van der Waals surface area contributed by atoms with Crippen LogP contribution in [-0.2, 0) is 9.59 Å². The van der Waals surface area contributed by atoms with Crippen LogP contribution in [0.5, 0.6) is 5.75 Å². The molecule has 2 saturated heterocycles. The first kappa shape index (κ1) is 13.0. The fourth-order valence-corrected chi connectivity index (χ4v) is 2.88. The van der Waals surface area contributed by atoms with Crippen LogP contribution in [0.4, 0.5) is 5.69 Å². The Balaban J connectivity index is 1.78. The molecule has 2 aliphatic rings. The Labute approximate surface area is 117 Å². The maximum Gasteiger partial charge on any atom is 0.232 e. The molecule has 20 heavy (non-hydrogen) atoms. The van der Waals surface area contributed by atoms with Gasteiger partial charge < -0.3 is 9.64 Å². The maximum absolute atomic E-state index is 11.7. The average molecular weight is 274 g/mol. The second-order valence-electron chi connectivity index (χ2n) is 5.64. The Morgan fingerprint density at radius 3 is 2.45 bits per heavy atom. The van der Waals surface area contributed by atoms with Gasteiger partial charge in [0.25, 0.3) is 0 Å². The van der Waals surface area contributed by atoms with E-state index in [0.29, 0.717) is 13.1 Å². The molecule has 1 aromatic rings. The predicted molar refractivity (Wildman–Crippen MR) is 74.5 cm³/mol. The standard InChI is InChI=1S/C15H18N2O3/c1-9(2)20-11-5-3-4-10(6-11)17-7-12-13(8-17)15(19)16-14(12)18/h3-6,9,12-13H,7-8H2,1-2H3,(H,16,18,19). The van der Waals surface area contributed by atoms with Gasteiger partial charge in [-0.2, -0.15) is 0 Å². The normalized spacial score (nSPS) is 25.1. The van der Waals surface area contributed by atoms with Crippen molar-refractivity contribution in [3.05, 3.63) is 24.3 Å². The summed E-state index contributed by atoms with van der Waals surface area (Å²) >= 11 is 0. The van der Waals surface area contributed by atoms with E-state index in [1.165, 1.54) is 0 Å². The molecule has 0 saturated carbocycles. The number of amides is 2. The van der Waals surface area contributed by atoms with Gasteiger partial charge in [0.15, 0.2) is 0 Å². The molecule has 0 bridgehead atoms. The highest BCUT2D eigenvalue weighted by Crippen LogP contribution is 2.33. The van der Waals surface area contributed by atoms with Crippen LogP contribution in [0.25, 0.3) is 0 Å². The number of benzene rings is 1. The molecule has 106 valence electrons. The molecule has 1 N–H and O–H groups in total. The molecule has 2 heterocycles. The minimum absolute atomic E-state index is 0.121. The molecule has 2 unspecified atom stereocenters. The molecule has 0 spiro atoms. The summed E-state index contributed by atoms with van der Waals surface area (Å²) < 4.78 is 5.68. The lowest BCUT2D eigenvalue weighted by Gasteiger charge is -2.20. The van der Waals surface area contributed by atoms with E-state index in [2.05, 4.69) is 10.2 Å². The van der Waals surface area contributed by atoms with Crippen LogP contribution in [-0.4, -0.2) is 31.0 Å². The first-order chi connectivity index (χ1) is 9.54. The number of hydrogen-bond acceptors (Lipinski definition) is 4. The van der Waals surface area contributed by atoms with E-state index in [1.54, 1.807) is 0 Å². The highest BCUT2D eigenvalue weighted by molar-refractivity contribution is 6.06. The summed E-state index contributed by atoms with van der Waals surface area (Å²) in [6, 6.07) is 7.79. The minimum atomic E-state index is -0.211. The Morgan fingerprint density at radius 1 is 1.20 bits per heavy atom. The zero-order valence-electron chi connectivity index (χ0n) is 11.6. The third-order valence-electron chi connectivity index (χ3n) is 3.79. The van der Waals surface area contributed by atoms with E-state index in [9.17, 15) is 9.59 Å². The van der Waals surface area contributed by atoms with Gasteiger partial charge >= 0.3 is 0 Å². The molecule has 0 aromatic heterocycles. The molecular formula is C15H18N2O3. The van der Waals surface area contributed by atoms with Crippen molar-refractivity contribution in [2.75, 3.05) is 18.0 Å². The smallest absolute Gasteiger partial charge is 0.232 e. The van der Waals surface area contributed by atoms with Crippen molar-refractivity contribution in [1.29, 1.82) is 0 Å². The third kappa shape index (κ3) is 2.24. The zero-order chi connectivity index (χ0) is 14.3. The lowest BCUT2D eigenvalue weighted by Crippen LogP contribution is -2.31. The quantitative estimate of drug-likeness (QED) is 0.841. The van der Waals surface area contributed by atoms with E-state index in [4.69, 9.17) is 4.74 Å². The van der Waals surface area contributed by atoms with E-state index in [-0.39, 0.29) is 29.8 Å². The van der Waals surface area contributed by atoms with Crippen LogP contribution < -0.4 is 15.0 Å². The van der Waals surface area contributed by atoms with E-state index >= 15 is 0 Å². The number of fused-ring (bicyclic) bond motifs is 1. The first-order valence-electron chi connectivity index (χ1n) is 6.91. The SMILES string of the molecule is CC(C)Oc1cccc(N2CC3C(=O)NC(=O)C3C2)c1. The summed E-state index contributed by atoms with van der Waals surface area (Å²) in [5.74, 6) is 0.105. The number of anilines is 1. The van der Waals surface area contributed by atoms with Gasteiger partial charge in [-0.15, -0.1) is 0 Å². The van der Waals surface area contributed by atoms with Crippen molar-refractivity contribution in [2.24, 2.45) is 11.8 Å². The minimum Gasteiger partial charge on any atom is -0.491 e. The second-order valence-corrected chi connectivity index (χ2v) is 5.64. The number of nitrogens with one attached hydrogen (secondary N) is 1. The molecule has 5 heteroatoms. The summed E-state index contributed by atoms with van der Waals surface area (Å²) in [5.41, 5.74) is 0.998. The van der Waals surface area contributed by atoms with Crippen LogP contribution >= 0.6 is 0 Å². The fraction of sp³-hybridized carbons (Fsp3) is 0.467. The summed E-state index contributed by atoms with van der Waals surface area (Å²) in [6.07, 6.45) is 0.121. The van der Waals surface area contributed by atoms with E-state index < -0.39 is 0 Å². The Bertz CT molecular complexity index is 534. The molecule has 1 aromatic carbocycles. The van der Waals surface area contributed by atoms with Crippen molar-refractivity contribution in [3.8, 4) is 5.75 Å². The maximum atomic E-state index is 11.7. The van der Waals surface area contributed by atoms with Crippen molar-refractivity contribution in [1.82, 2.24) is 5.32 Å². The van der Waals surface area contributed by atoms with Crippen molar-refractivity contribution < 1.29 is 14.3 Å². The first-order valence-corrected chi connectivity index (χ1v) is 6.91. The van der Waals surface area contributed by atoms with Gasteiger partial charge in [-0.05, 0) is 26.0 Å². The number of rotatable bonds is 3. The Kier molecular flexibility index (Phi) is 3.12. The molecule has 2 fully saturated rings. The van der Waals surface area contributed by atoms with E-state index in [0.717, 1.165) is 11.4 Å². The Morgan fingerprint density at radius 2 is 1.85 bits per heavy atom. The van der Waals surface area contributed by atoms with Gasteiger partial charge in [-0.25, -0.2) is 0 Å². The fourth-order valence-electron chi connectivity index (χ4n) is 2.88. The highest BCUT2D eigenvalue weighted by atomic mass is 16.5. The molecule has 0 radical (unpaired) electrons. The lowest BCUT2D eigenvalue weighted by atomic mass is 10.00. The van der Waals surface area contributed by atoms with Crippen molar-refractivity contribution >= 4 is 17.5 Å². The van der Waals surface area contributed by atoms with Crippen molar-refractivity contribution in [3.63, 3.8) is 0 Å². The summed E-state index contributed by atoms with van der Waals surface area (Å²) in [5, 5.41) is 2.40. The van der Waals surface area contributed by atoms with Crippen LogP contribution in [0, 0.1) is 11.8 Å². The van der Waals surface area contributed by atoms with E-state index in [1.807, 2.05) is 38.1 Å². The lowest BCUT2D eigenvalue weighted by molar-refractivity contribution is -0.126. The average Bonchev–Trinajstić information content (AvgIpc) is 2.92. The van der Waals surface area contributed by atoms with Gasteiger partial charge in [0.2, 0.25) is 11.8 Å². The number of nitrogens with zero attached hydrogens (tertiary/aromatic N) is 1. The predicted octanol–water partition coefficient (Wildman–Crippen LogP) is 1.18. The molecule has 3 rings (SSSR count). The highest BCUT2D eigenvalue weighted by Gasteiger charge is 2.47. The van der Waals surface area contributed by atoms with Crippen LogP contribution in [0.15, 0.2) is 24.3 Å². The summed E-state index contributed by atoms with van der Waals surface area (Å²) in [4.78, 5) is 25.4. The number of imide groups is 1. The van der Waals surface area contributed by atoms with Gasteiger partial charge in [0, 0.05) is 24.8 Å². The molecule has 2 atom stereocenters. The third-order valence-corrected chi connectivity index (χ3v) is 3.79. The van der Waals surface area contributed by atoms with Gasteiger partial charge in [-0.1, -0.05) is 6.07 Å². The van der Waals surface area contributed by atoms with Gasteiger partial charge in [-0.3, -0.25) is 14.9 Å². The largest absolute Gasteiger partial charge is 0.491 e. The molecule has 0 aliphatic carbocycles. The molecule has 5 nitrogen and oxygen atoms in total. The second kappa shape index (κ2) is 4.81. The van der Waals surface area contributed by atoms with Gasteiger partial charge in [0.05, 0.1) is 17.9 Å². The van der Waals surface area contributed by atoms with Crippen LogP contribution in [0.2, 0.25) is 0 Å². The zero-order valence-corrected chi connectivity index (χ0v) is 11.6. The topological polar surface area (TPSA) is 58.6 Å². The van der Waals surface area contributed by atoms with Crippen LogP contribution in [0.1, 0.15) is 13.8 Å². The van der Waals surface area contributed by atoms with Crippen molar-refractivity contribution in [2.45, 2.75) is 20.0 Å². The molecular weight excluding hydrogens is 256 g/mol. The monoisotopic (exact) mass is 274 g/mol. The number of carbonyl (C=O) groups excluding carboxylic acids is 2. The Hall–Kier alpha value is -2.04. The summed E-state index contributed by atoms with van der Waals surface area (Å²) in [6.45, 7) is 5.15. The summed E-state index contributed by atoms with van der Waals surface area (Å²) in [7, 11) is 0. The van der Waals surface area contributed by atoms with Gasteiger partial charge in [0.1, 0.15) is 5.75 Å². The number of hydrogen-bond donors (Lipinski definition) is 1. The molecule has 2 amide bonds. The van der Waals surface area contributed by atoms with Crippen LogP contribution in [0.3, 0.4) is 0 Å². The number of ether oxygens (including phenoxy) is 1. The number of carbonyl (C=O) groups is 2. The molecule has 2 aliphatic heterocycles.